The van der Waals surface area contributed by atoms with Crippen LogP contribution in [0.5, 0.6) is 5.75 Å². The standard InChI is InChI=1S/C16H18N2O.C2H6/c1-10(2)11-3-5-12(6-4-11)15-16-13(7-8-19-16)9-14(17)18-15;1-2/h3-6,9-10H,7-8H2,1-2H3,(H2,17,18);1-2H3. The number of nitrogens with zero attached hydrogens (tertiary/aromatic N) is 1. The topological polar surface area (TPSA) is 48.1 Å². The van der Waals surface area contributed by atoms with E-state index in [9.17, 15) is 0 Å². The molecule has 2 heterocycles. The molecule has 0 saturated heterocycles. The molecule has 2 N–H and O–H groups in total. The predicted molar refractivity (Wildman–Crippen MR) is 88.7 cm³/mol. The lowest BCUT2D eigenvalue weighted by Crippen LogP contribution is -1.96. The monoisotopic (exact) mass is 284 g/mol. The Kier molecular flexibility index (Phi) is 4.84. The lowest BCUT2D eigenvalue weighted by molar-refractivity contribution is 0.357. The molecule has 1 aromatic carbocycles. The molecule has 21 heavy (non-hydrogen) atoms. The Bertz CT molecular complexity index is 603. The Balaban J connectivity index is 0.000000774. The third-order valence-electron chi connectivity index (χ3n) is 3.54. The van der Waals surface area contributed by atoms with E-state index in [0.717, 1.165) is 35.6 Å². The molecule has 1 aliphatic heterocycles. The zero-order chi connectivity index (χ0) is 15.4. The second-order valence-corrected chi connectivity index (χ2v) is 5.26. The molecule has 0 aliphatic carbocycles. The molecule has 0 radical (unpaired) electrons. The number of anilines is 1. The van der Waals surface area contributed by atoms with Gasteiger partial charge in [0.25, 0.3) is 0 Å². The summed E-state index contributed by atoms with van der Waals surface area (Å²) in [7, 11) is 0. The van der Waals surface area contributed by atoms with Crippen molar-refractivity contribution < 1.29 is 4.74 Å². The van der Waals surface area contributed by atoms with E-state index in [-0.39, 0.29) is 0 Å². The van der Waals surface area contributed by atoms with Crippen LogP contribution in [0.25, 0.3) is 11.3 Å². The Morgan fingerprint density at radius 1 is 1.14 bits per heavy atom. The van der Waals surface area contributed by atoms with Gasteiger partial charge in [0.1, 0.15) is 17.3 Å². The first-order chi connectivity index (χ1) is 10.1. The van der Waals surface area contributed by atoms with Crippen LogP contribution in [0.1, 0.15) is 44.7 Å². The average molecular weight is 284 g/mol. The van der Waals surface area contributed by atoms with Crippen LogP contribution in [-0.2, 0) is 6.42 Å². The highest BCUT2D eigenvalue weighted by atomic mass is 16.5. The number of fused-ring (bicyclic) bond motifs is 1. The Labute approximate surface area is 127 Å². The maximum atomic E-state index is 5.88. The number of pyridine rings is 1. The van der Waals surface area contributed by atoms with Crippen molar-refractivity contribution in [1.82, 2.24) is 4.98 Å². The van der Waals surface area contributed by atoms with Crippen molar-refractivity contribution in [3.63, 3.8) is 0 Å². The summed E-state index contributed by atoms with van der Waals surface area (Å²) in [6.07, 6.45) is 0.916. The van der Waals surface area contributed by atoms with Crippen molar-refractivity contribution in [3.8, 4) is 17.0 Å². The first kappa shape index (κ1) is 15.4. The van der Waals surface area contributed by atoms with Gasteiger partial charge in [0.05, 0.1) is 6.61 Å². The van der Waals surface area contributed by atoms with Crippen molar-refractivity contribution in [3.05, 3.63) is 41.5 Å². The molecular formula is C18H24N2O. The zero-order valence-electron chi connectivity index (χ0n) is 13.3. The number of rotatable bonds is 2. The zero-order valence-corrected chi connectivity index (χ0v) is 13.3. The number of ether oxygens (including phenoxy) is 1. The van der Waals surface area contributed by atoms with Crippen LogP contribution < -0.4 is 10.5 Å². The molecule has 112 valence electrons. The third kappa shape index (κ3) is 3.18. The molecule has 1 aromatic heterocycles. The largest absolute Gasteiger partial charge is 0.491 e. The summed E-state index contributed by atoms with van der Waals surface area (Å²) in [4.78, 5) is 4.44. The van der Waals surface area contributed by atoms with Crippen LogP contribution in [0, 0.1) is 0 Å². The fourth-order valence-electron chi connectivity index (χ4n) is 2.44. The molecule has 0 spiro atoms. The van der Waals surface area contributed by atoms with Crippen molar-refractivity contribution >= 4 is 5.82 Å². The smallest absolute Gasteiger partial charge is 0.149 e. The molecule has 0 fully saturated rings. The van der Waals surface area contributed by atoms with Gasteiger partial charge in [0.15, 0.2) is 0 Å². The number of benzene rings is 1. The van der Waals surface area contributed by atoms with E-state index in [2.05, 4.69) is 43.1 Å². The summed E-state index contributed by atoms with van der Waals surface area (Å²) in [6, 6.07) is 10.4. The molecule has 3 heteroatoms. The van der Waals surface area contributed by atoms with Crippen LogP contribution in [0.15, 0.2) is 30.3 Å². The van der Waals surface area contributed by atoms with Gasteiger partial charge in [-0.1, -0.05) is 52.0 Å². The van der Waals surface area contributed by atoms with Gasteiger partial charge in [0.2, 0.25) is 0 Å². The molecule has 0 bridgehead atoms. The van der Waals surface area contributed by atoms with Crippen molar-refractivity contribution in [2.24, 2.45) is 0 Å². The van der Waals surface area contributed by atoms with E-state index in [0.29, 0.717) is 11.7 Å². The van der Waals surface area contributed by atoms with E-state index in [4.69, 9.17) is 10.5 Å². The molecule has 0 unspecified atom stereocenters. The highest BCUT2D eigenvalue weighted by Crippen LogP contribution is 2.36. The first-order valence-corrected chi connectivity index (χ1v) is 7.67. The van der Waals surface area contributed by atoms with Gasteiger partial charge in [0, 0.05) is 17.5 Å². The minimum atomic E-state index is 0.532. The van der Waals surface area contributed by atoms with Crippen LogP contribution in [0.4, 0.5) is 5.82 Å². The molecule has 1 aliphatic rings. The Hall–Kier alpha value is -2.03. The summed E-state index contributed by atoms with van der Waals surface area (Å²) < 4.78 is 5.70. The molecule has 0 saturated carbocycles. The average Bonchev–Trinajstić information content (AvgIpc) is 2.96. The number of aromatic nitrogens is 1. The van der Waals surface area contributed by atoms with E-state index in [1.165, 1.54) is 5.56 Å². The maximum Gasteiger partial charge on any atom is 0.149 e. The number of hydrogen-bond acceptors (Lipinski definition) is 3. The summed E-state index contributed by atoms with van der Waals surface area (Å²) in [5.41, 5.74) is 10.3. The van der Waals surface area contributed by atoms with Crippen LogP contribution in [0.2, 0.25) is 0 Å². The van der Waals surface area contributed by atoms with Gasteiger partial charge in [-0.25, -0.2) is 4.98 Å². The normalized spacial score (nSPS) is 12.4. The quantitative estimate of drug-likeness (QED) is 0.888. The highest BCUT2D eigenvalue weighted by molar-refractivity contribution is 5.71. The maximum absolute atomic E-state index is 5.88. The van der Waals surface area contributed by atoms with Gasteiger partial charge >= 0.3 is 0 Å². The van der Waals surface area contributed by atoms with Crippen LogP contribution in [0.3, 0.4) is 0 Å². The molecule has 0 atom stereocenters. The van der Waals surface area contributed by atoms with Gasteiger partial charge < -0.3 is 10.5 Å². The van der Waals surface area contributed by atoms with E-state index in [1.54, 1.807) is 0 Å². The Morgan fingerprint density at radius 3 is 2.43 bits per heavy atom. The lowest BCUT2D eigenvalue weighted by atomic mass is 10.00. The second kappa shape index (κ2) is 6.61. The molecule has 3 rings (SSSR count). The number of hydrogen-bond donors (Lipinski definition) is 1. The summed E-state index contributed by atoms with van der Waals surface area (Å²) >= 11 is 0. The van der Waals surface area contributed by atoms with Gasteiger partial charge in [-0.05, 0) is 17.5 Å². The van der Waals surface area contributed by atoms with E-state index < -0.39 is 0 Å². The number of nitrogens with two attached hydrogens (primary N) is 1. The second-order valence-electron chi connectivity index (χ2n) is 5.26. The predicted octanol–water partition coefficient (Wildman–Crippen LogP) is 4.42. The number of nitrogen functional groups attached to an aromatic ring is 1. The summed E-state index contributed by atoms with van der Waals surface area (Å²) in [5, 5.41) is 0. The van der Waals surface area contributed by atoms with E-state index >= 15 is 0 Å². The van der Waals surface area contributed by atoms with Crippen molar-refractivity contribution in [2.75, 3.05) is 12.3 Å². The minimum Gasteiger partial charge on any atom is -0.491 e. The molecule has 0 amide bonds. The fourth-order valence-corrected chi connectivity index (χ4v) is 2.44. The fraction of sp³-hybridized carbons (Fsp3) is 0.389. The van der Waals surface area contributed by atoms with Crippen molar-refractivity contribution in [2.45, 2.75) is 40.0 Å². The lowest BCUT2D eigenvalue weighted by Gasteiger charge is -2.10. The summed E-state index contributed by atoms with van der Waals surface area (Å²) in [5.74, 6) is 1.99. The third-order valence-corrected chi connectivity index (χ3v) is 3.54. The van der Waals surface area contributed by atoms with Crippen LogP contribution in [-0.4, -0.2) is 11.6 Å². The van der Waals surface area contributed by atoms with Crippen LogP contribution >= 0.6 is 0 Å². The summed E-state index contributed by atoms with van der Waals surface area (Å²) in [6.45, 7) is 9.10. The van der Waals surface area contributed by atoms with Gasteiger partial charge in [-0.15, -0.1) is 0 Å². The SMILES string of the molecule is CC.CC(C)c1ccc(-c2nc(N)cc3c2OCC3)cc1. The van der Waals surface area contributed by atoms with Gasteiger partial charge in [-0.3, -0.25) is 0 Å². The minimum absolute atomic E-state index is 0.532. The van der Waals surface area contributed by atoms with E-state index in [1.807, 2.05) is 19.9 Å². The Morgan fingerprint density at radius 2 is 1.81 bits per heavy atom. The van der Waals surface area contributed by atoms with Gasteiger partial charge in [-0.2, -0.15) is 0 Å². The molecular weight excluding hydrogens is 260 g/mol. The van der Waals surface area contributed by atoms with Crippen molar-refractivity contribution in [1.29, 1.82) is 0 Å². The highest BCUT2D eigenvalue weighted by Gasteiger charge is 2.19. The molecule has 3 nitrogen and oxygen atoms in total. The first-order valence-electron chi connectivity index (χ1n) is 7.67. The molecule has 2 aromatic rings.